The van der Waals surface area contributed by atoms with E-state index in [4.69, 9.17) is 0 Å². The number of carbonyl (C=O) groups excluding carboxylic acids is 1. The summed E-state index contributed by atoms with van der Waals surface area (Å²) in [5, 5.41) is 23.2. The summed E-state index contributed by atoms with van der Waals surface area (Å²) in [7, 11) is 0. The first-order valence-electron chi connectivity index (χ1n) is 6.18. The van der Waals surface area contributed by atoms with Gasteiger partial charge in [-0.15, -0.1) is 0 Å². The molecule has 0 heterocycles. The molecule has 0 bridgehead atoms. The second kappa shape index (κ2) is 7.28. The largest absolute Gasteiger partial charge is 0.394 e. The van der Waals surface area contributed by atoms with Gasteiger partial charge in [-0.2, -0.15) is 0 Å². The fraction of sp³-hybridized carbons (Fsp3) is 0.462. The molecule has 1 aromatic rings. The van der Waals surface area contributed by atoms with E-state index < -0.39 is 28.8 Å². The van der Waals surface area contributed by atoms with E-state index in [1.54, 1.807) is 6.92 Å². The highest BCUT2D eigenvalue weighted by molar-refractivity contribution is 5.92. The molecular weight excluding hydrogens is 270 g/mol. The van der Waals surface area contributed by atoms with Crippen LogP contribution in [0.1, 0.15) is 13.3 Å². The van der Waals surface area contributed by atoms with Crippen LogP contribution in [0.15, 0.2) is 18.2 Å². The van der Waals surface area contributed by atoms with Crippen LogP contribution in [0.5, 0.6) is 0 Å². The Morgan fingerprint density at radius 2 is 1.80 bits per heavy atom. The maximum atomic E-state index is 13.3. The third-order valence-electron chi connectivity index (χ3n) is 3.13. The summed E-state index contributed by atoms with van der Waals surface area (Å²) >= 11 is 0. The summed E-state index contributed by atoms with van der Waals surface area (Å²) in [4.78, 5) is 11.6. The van der Waals surface area contributed by atoms with Crippen molar-refractivity contribution in [1.29, 1.82) is 0 Å². The molecule has 0 saturated carbocycles. The van der Waals surface area contributed by atoms with Crippen LogP contribution in [0.3, 0.4) is 0 Å². The number of para-hydroxylation sites is 1. The van der Waals surface area contributed by atoms with Gasteiger partial charge < -0.3 is 15.5 Å². The Morgan fingerprint density at radius 1 is 1.25 bits per heavy atom. The highest BCUT2D eigenvalue weighted by Gasteiger charge is 2.26. The van der Waals surface area contributed by atoms with E-state index in [1.165, 1.54) is 6.07 Å². The van der Waals surface area contributed by atoms with Gasteiger partial charge in [0.25, 0.3) is 0 Å². The molecule has 0 aliphatic carbocycles. The third kappa shape index (κ3) is 3.96. The predicted octanol–water partition coefficient (Wildman–Crippen LogP) is 0.626. The Bertz CT molecular complexity index is 436. The summed E-state index contributed by atoms with van der Waals surface area (Å²) in [6.07, 6.45) is 0.390. The minimum absolute atomic E-state index is 0.289. The monoisotopic (exact) mass is 288 g/mol. The van der Waals surface area contributed by atoms with Gasteiger partial charge in [0.15, 0.2) is 0 Å². The lowest BCUT2D eigenvalue weighted by Gasteiger charge is -2.29. The molecule has 0 radical (unpaired) electrons. The van der Waals surface area contributed by atoms with Crippen LogP contribution < -0.4 is 10.6 Å². The lowest BCUT2D eigenvalue weighted by Crippen LogP contribution is -2.53. The number of benzene rings is 1. The number of carbonyl (C=O) groups is 1. The van der Waals surface area contributed by atoms with E-state index in [0.717, 1.165) is 12.1 Å². The maximum absolute atomic E-state index is 13.3. The van der Waals surface area contributed by atoms with Crippen LogP contribution in [0.2, 0.25) is 0 Å². The Kier molecular flexibility index (Phi) is 6.00. The molecular formula is C13H18F2N2O3. The lowest BCUT2D eigenvalue weighted by molar-refractivity contribution is -0.116. The first-order valence-corrected chi connectivity index (χ1v) is 6.18. The van der Waals surface area contributed by atoms with Crippen molar-refractivity contribution in [2.24, 2.45) is 0 Å². The molecule has 20 heavy (non-hydrogen) atoms. The standard InChI is InChI=1S/C13H18F2N2O3/c1-2-13(7-18,8-19)16-6-11(20)17-12-9(14)4-3-5-10(12)15/h3-5,16,18-19H,2,6-8H2,1H3,(H,17,20). The number of halogens is 2. The number of hydrogen-bond donors (Lipinski definition) is 4. The molecule has 0 atom stereocenters. The highest BCUT2D eigenvalue weighted by Crippen LogP contribution is 2.17. The van der Waals surface area contributed by atoms with Crippen LogP contribution in [-0.2, 0) is 4.79 Å². The minimum atomic E-state index is -0.995. The summed E-state index contributed by atoms with van der Waals surface area (Å²) in [6, 6.07) is 3.26. The maximum Gasteiger partial charge on any atom is 0.238 e. The van der Waals surface area contributed by atoms with Gasteiger partial charge in [0.1, 0.15) is 17.3 Å². The average molecular weight is 288 g/mol. The Hall–Kier alpha value is -1.57. The molecule has 0 spiro atoms. The molecule has 0 saturated heterocycles. The number of amides is 1. The zero-order chi connectivity index (χ0) is 15.2. The molecule has 7 heteroatoms. The Labute approximate surface area is 115 Å². The zero-order valence-electron chi connectivity index (χ0n) is 11.1. The van der Waals surface area contributed by atoms with Crippen LogP contribution in [-0.4, -0.2) is 41.4 Å². The number of hydrogen-bond acceptors (Lipinski definition) is 4. The Balaban J connectivity index is 2.65. The first-order chi connectivity index (χ1) is 9.48. The van der Waals surface area contributed by atoms with Crippen molar-refractivity contribution >= 4 is 11.6 Å². The molecule has 1 rings (SSSR count). The van der Waals surface area contributed by atoms with E-state index in [-0.39, 0.29) is 19.8 Å². The van der Waals surface area contributed by atoms with Gasteiger partial charge in [-0.3, -0.25) is 10.1 Å². The zero-order valence-corrected chi connectivity index (χ0v) is 11.1. The molecule has 112 valence electrons. The lowest BCUT2D eigenvalue weighted by atomic mass is 9.98. The Morgan fingerprint density at radius 3 is 2.25 bits per heavy atom. The molecule has 1 amide bonds. The number of nitrogens with one attached hydrogen (secondary N) is 2. The van der Waals surface area contributed by atoms with Gasteiger partial charge in [0.2, 0.25) is 5.91 Å². The number of rotatable bonds is 7. The molecule has 1 aromatic carbocycles. The summed E-state index contributed by atoms with van der Waals surface area (Å²) in [5.41, 5.74) is -1.51. The van der Waals surface area contributed by atoms with E-state index in [1.807, 2.05) is 0 Å². The van der Waals surface area contributed by atoms with Crippen LogP contribution >= 0.6 is 0 Å². The topological polar surface area (TPSA) is 81.6 Å². The summed E-state index contributed by atoms with van der Waals surface area (Å²) < 4.78 is 26.7. The highest BCUT2D eigenvalue weighted by atomic mass is 19.1. The van der Waals surface area contributed by atoms with Crippen molar-refractivity contribution in [2.45, 2.75) is 18.9 Å². The smallest absolute Gasteiger partial charge is 0.238 e. The summed E-state index contributed by atoms with van der Waals surface area (Å²) in [5.74, 6) is -2.41. The van der Waals surface area contributed by atoms with Gasteiger partial charge in [-0.1, -0.05) is 13.0 Å². The fourth-order valence-corrected chi connectivity index (χ4v) is 1.58. The number of aliphatic hydroxyl groups is 2. The molecule has 4 N–H and O–H groups in total. The quantitative estimate of drug-likeness (QED) is 0.593. The molecule has 0 aromatic heterocycles. The van der Waals surface area contributed by atoms with E-state index in [9.17, 15) is 23.8 Å². The minimum Gasteiger partial charge on any atom is -0.394 e. The number of aliphatic hydroxyl groups excluding tert-OH is 2. The molecule has 0 unspecified atom stereocenters. The second-order valence-corrected chi connectivity index (χ2v) is 4.45. The number of anilines is 1. The van der Waals surface area contributed by atoms with Crippen molar-refractivity contribution in [3.63, 3.8) is 0 Å². The van der Waals surface area contributed by atoms with Crippen molar-refractivity contribution in [1.82, 2.24) is 5.32 Å². The third-order valence-corrected chi connectivity index (χ3v) is 3.13. The predicted molar refractivity (Wildman–Crippen MR) is 70.2 cm³/mol. The van der Waals surface area contributed by atoms with Gasteiger partial charge in [0.05, 0.1) is 25.3 Å². The van der Waals surface area contributed by atoms with Gasteiger partial charge in [-0.05, 0) is 18.6 Å². The molecule has 5 nitrogen and oxygen atoms in total. The van der Waals surface area contributed by atoms with E-state index >= 15 is 0 Å². The van der Waals surface area contributed by atoms with Crippen molar-refractivity contribution in [3.05, 3.63) is 29.8 Å². The van der Waals surface area contributed by atoms with Crippen molar-refractivity contribution < 1.29 is 23.8 Å². The second-order valence-electron chi connectivity index (χ2n) is 4.45. The van der Waals surface area contributed by atoms with E-state index in [2.05, 4.69) is 10.6 Å². The molecule has 0 aliphatic heterocycles. The van der Waals surface area contributed by atoms with E-state index in [0.29, 0.717) is 6.42 Å². The molecule has 0 fully saturated rings. The van der Waals surface area contributed by atoms with Crippen LogP contribution in [0.25, 0.3) is 0 Å². The van der Waals surface area contributed by atoms with Crippen molar-refractivity contribution in [2.75, 3.05) is 25.1 Å². The average Bonchev–Trinajstić information content (AvgIpc) is 2.45. The SMILES string of the molecule is CCC(CO)(CO)NCC(=O)Nc1c(F)cccc1F. The van der Waals surface area contributed by atoms with Gasteiger partial charge >= 0.3 is 0 Å². The van der Waals surface area contributed by atoms with Gasteiger partial charge in [0, 0.05) is 0 Å². The van der Waals surface area contributed by atoms with Crippen LogP contribution in [0, 0.1) is 11.6 Å². The normalized spacial score (nSPS) is 11.4. The van der Waals surface area contributed by atoms with Gasteiger partial charge in [-0.25, -0.2) is 8.78 Å². The molecule has 0 aliphatic rings. The van der Waals surface area contributed by atoms with Crippen molar-refractivity contribution in [3.8, 4) is 0 Å². The summed E-state index contributed by atoms with van der Waals surface area (Å²) in [6.45, 7) is 0.722. The fourth-order valence-electron chi connectivity index (χ4n) is 1.58. The first kappa shape index (κ1) is 16.5. The van der Waals surface area contributed by atoms with Crippen LogP contribution in [0.4, 0.5) is 14.5 Å².